The first-order valence-electron chi connectivity index (χ1n) is 6.45. The first kappa shape index (κ1) is 14.9. The van der Waals surface area contributed by atoms with Crippen LogP contribution < -0.4 is 4.72 Å². The van der Waals surface area contributed by atoms with Crippen molar-refractivity contribution in [3.8, 4) is 0 Å². The Balaban J connectivity index is 2.27. The minimum absolute atomic E-state index is 0.0313. The molecule has 2 rings (SSSR count). The molecule has 110 valence electrons. The third kappa shape index (κ3) is 2.97. The van der Waals surface area contributed by atoms with Gasteiger partial charge < -0.3 is 5.11 Å². The predicted octanol–water partition coefficient (Wildman–Crippen LogP) is 0.786. The third-order valence-electron chi connectivity index (χ3n) is 3.07. The SMILES string of the molecule is CCCC(O)C(C)NS(=O)(=O)c1[nH]nc2ncccc12. The molecule has 0 bridgehead atoms. The zero-order valence-corrected chi connectivity index (χ0v) is 12.2. The quantitative estimate of drug-likeness (QED) is 0.730. The van der Waals surface area contributed by atoms with Crippen molar-refractivity contribution in [2.75, 3.05) is 0 Å². The summed E-state index contributed by atoms with van der Waals surface area (Å²) in [6.45, 7) is 3.56. The normalized spacial score (nSPS) is 15.3. The molecular formula is C12H18N4O3S. The Morgan fingerprint density at radius 3 is 2.95 bits per heavy atom. The second kappa shape index (κ2) is 5.86. The molecule has 0 spiro atoms. The lowest BCUT2D eigenvalue weighted by Crippen LogP contribution is -2.41. The van der Waals surface area contributed by atoms with Crippen LogP contribution >= 0.6 is 0 Å². The standard InChI is InChI=1S/C12H18N4O3S/c1-3-5-10(17)8(2)16-20(18,19)12-9-6-4-7-13-11(9)14-15-12/h4,6-8,10,16-17H,3,5H2,1-2H3,(H,13,14,15). The number of aromatic amines is 1. The van der Waals surface area contributed by atoms with Crippen molar-refractivity contribution < 1.29 is 13.5 Å². The molecule has 0 radical (unpaired) electrons. The zero-order chi connectivity index (χ0) is 14.8. The van der Waals surface area contributed by atoms with Crippen molar-refractivity contribution in [2.24, 2.45) is 0 Å². The van der Waals surface area contributed by atoms with Gasteiger partial charge in [0.2, 0.25) is 0 Å². The van der Waals surface area contributed by atoms with Gasteiger partial charge in [0.15, 0.2) is 10.7 Å². The molecule has 7 nitrogen and oxygen atoms in total. The second-order valence-corrected chi connectivity index (χ2v) is 6.34. The lowest BCUT2D eigenvalue weighted by molar-refractivity contribution is 0.134. The molecule has 20 heavy (non-hydrogen) atoms. The summed E-state index contributed by atoms with van der Waals surface area (Å²) < 4.78 is 27.1. The molecular weight excluding hydrogens is 280 g/mol. The molecule has 2 aromatic heterocycles. The lowest BCUT2D eigenvalue weighted by Gasteiger charge is -2.19. The molecule has 0 aliphatic carbocycles. The van der Waals surface area contributed by atoms with Crippen molar-refractivity contribution in [1.82, 2.24) is 19.9 Å². The lowest BCUT2D eigenvalue weighted by atomic mass is 10.1. The van der Waals surface area contributed by atoms with Crippen molar-refractivity contribution in [3.63, 3.8) is 0 Å². The molecule has 2 aromatic rings. The van der Waals surface area contributed by atoms with E-state index in [1.54, 1.807) is 25.3 Å². The van der Waals surface area contributed by atoms with Gasteiger partial charge in [-0.15, -0.1) is 0 Å². The molecule has 2 atom stereocenters. The van der Waals surface area contributed by atoms with E-state index < -0.39 is 22.2 Å². The van der Waals surface area contributed by atoms with Gasteiger partial charge in [-0.3, -0.25) is 5.10 Å². The van der Waals surface area contributed by atoms with E-state index in [-0.39, 0.29) is 5.03 Å². The number of hydrogen-bond donors (Lipinski definition) is 3. The summed E-state index contributed by atoms with van der Waals surface area (Å²) in [6, 6.07) is 2.70. The number of aromatic nitrogens is 3. The van der Waals surface area contributed by atoms with Crippen LogP contribution in [0.1, 0.15) is 26.7 Å². The van der Waals surface area contributed by atoms with E-state index in [9.17, 15) is 13.5 Å². The molecule has 0 aliphatic rings. The fraction of sp³-hybridized carbons (Fsp3) is 0.500. The minimum atomic E-state index is -3.77. The Kier molecular flexibility index (Phi) is 4.36. The van der Waals surface area contributed by atoms with E-state index in [2.05, 4.69) is 19.9 Å². The Hall–Kier alpha value is -1.51. The predicted molar refractivity (Wildman–Crippen MR) is 74.6 cm³/mol. The Morgan fingerprint density at radius 1 is 1.50 bits per heavy atom. The number of H-pyrrole nitrogens is 1. The summed E-state index contributed by atoms with van der Waals surface area (Å²) >= 11 is 0. The molecule has 8 heteroatoms. The van der Waals surface area contributed by atoms with Crippen LogP contribution in [-0.2, 0) is 10.0 Å². The first-order valence-corrected chi connectivity index (χ1v) is 7.93. The summed E-state index contributed by atoms with van der Waals surface area (Å²) in [5.41, 5.74) is 0.342. The van der Waals surface area contributed by atoms with Crippen molar-refractivity contribution >= 4 is 21.1 Å². The maximum Gasteiger partial charge on any atom is 0.258 e. The number of aliphatic hydroxyl groups excluding tert-OH is 1. The summed E-state index contributed by atoms with van der Waals surface area (Å²) in [5, 5.41) is 16.6. The average Bonchev–Trinajstić information content (AvgIpc) is 2.83. The number of aliphatic hydroxyl groups is 1. The number of pyridine rings is 1. The number of rotatable bonds is 6. The van der Waals surface area contributed by atoms with E-state index in [1.165, 1.54) is 0 Å². The van der Waals surface area contributed by atoms with Crippen LogP contribution in [0.15, 0.2) is 23.4 Å². The number of fused-ring (bicyclic) bond motifs is 1. The van der Waals surface area contributed by atoms with Gasteiger partial charge in [0.05, 0.1) is 11.5 Å². The van der Waals surface area contributed by atoms with Gasteiger partial charge in [-0.05, 0) is 25.5 Å². The summed E-state index contributed by atoms with van der Waals surface area (Å²) in [7, 11) is -3.77. The highest BCUT2D eigenvalue weighted by molar-refractivity contribution is 7.89. The van der Waals surface area contributed by atoms with Gasteiger partial charge in [-0.1, -0.05) is 13.3 Å². The Bertz CT molecular complexity index is 683. The van der Waals surface area contributed by atoms with Crippen LogP contribution in [0.5, 0.6) is 0 Å². The van der Waals surface area contributed by atoms with Crippen LogP contribution in [0.25, 0.3) is 11.0 Å². The molecule has 0 amide bonds. The number of sulfonamides is 1. The smallest absolute Gasteiger partial charge is 0.258 e. The molecule has 0 aliphatic heterocycles. The van der Waals surface area contributed by atoms with Crippen LogP contribution in [0.2, 0.25) is 0 Å². The zero-order valence-electron chi connectivity index (χ0n) is 11.4. The molecule has 2 heterocycles. The van der Waals surface area contributed by atoms with Gasteiger partial charge in [0, 0.05) is 12.2 Å². The van der Waals surface area contributed by atoms with E-state index in [4.69, 9.17) is 0 Å². The summed E-state index contributed by atoms with van der Waals surface area (Å²) in [5.74, 6) is 0. The van der Waals surface area contributed by atoms with Gasteiger partial charge in [0.1, 0.15) is 0 Å². The molecule has 0 saturated carbocycles. The van der Waals surface area contributed by atoms with E-state index >= 15 is 0 Å². The van der Waals surface area contributed by atoms with Gasteiger partial charge in [-0.2, -0.15) is 5.10 Å². The van der Waals surface area contributed by atoms with Crippen molar-refractivity contribution in [3.05, 3.63) is 18.3 Å². The van der Waals surface area contributed by atoms with Gasteiger partial charge in [-0.25, -0.2) is 18.1 Å². The van der Waals surface area contributed by atoms with E-state index in [0.717, 1.165) is 6.42 Å². The highest BCUT2D eigenvalue weighted by Gasteiger charge is 2.25. The van der Waals surface area contributed by atoms with Crippen molar-refractivity contribution in [2.45, 2.75) is 43.9 Å². The highest BCUT2D eigenvalue weighted by Crippen LogP contribution is 2.18. The van der Waals surface area contributed by atoms with Gasteiger partial charge >= 0.3 is 0 Å². The average molecular weight is 298 g/mol. The fourth-order valence-electron chi connectivity index (χ4n) is 1.96. The maximum absolute atomic E-state index is 12.3. The minimum Gasteiger partial charge on any atom is -0.391 e. The summed E-state index contributed by atoms with van der Waals surface area (Å²) in [4.78, 5) is 3.98. The van der Waals surface area contributed by atoms with Crippen LogP contribution in [0.3, 0.4) is 0 Å². The molecule has 0 aromatic carbocycles. The number of hydrogen-bond acceptors (Lipinski definition) is 5. The number of nitrogens with zero attached hydrogens (tertiary/aromatic N) is 2. The molecule has 2 unspecified atom stereocenters. The van der Waals surface area contributed by atoms with Crippen LogP contribution in [0.4, 0.5) is 0 Å². The Labute approximate surface area is 117 Å². The molecule has 0 fully saturated rings. The largest absolute Gasteiger partial charge is 0.391 e. The van der Waals surface area contributed by atoms with E-state index in [0.29, 0.717) is 17.5 Å². The Morgan fingerprint density at radius 2 is 2.25 bits per heavy atom. The maximum atomic E-state index is 12.3. The van der Waals surface area contributed by atoms with Crippen LogP contribution in [0, 0.1) is 0 Å². The fourth-order valence-corrected chi connectivity index (χ4v) is 3.34. The third-order valence-corrected chi connectivity index (χ3v) is 4.60. The van der Waals surface area contributed by atoms with E-state index in [1.807, 2.05) is 6.92 Å². The molecule has 0 saturated heterocycles. The number of nitrogens with one attached hydrogen (secondary N) is 2. The monoisotopic (exact) mass is 298 g/mol. The highest BCUT2D eigenvalue weighted by atomic mass is 32.2. The first-order chi connectivity index (χ1) is 9.45. The molecule has 3 N–H and O–H groups in total. The topological polar surface area (TPSA) is 108 Å². The van der Waals surface area contributed by atoms with Crippen LogP contribution in [-0.4, -0.2) is 40.9 Å². The summed E-state index contributed by atoms with van der Waals surface area (Å²) in [6.07, 6.45) is 2.14. The van der Waals surface area contributed by atoms with Gasteiger partial charge in [0.25, 0.3) is 10.0 Å². The van der Waals surface area contributed by atoms with Crippen molar-refractivity contribution in [1.29, 1.82) is 0 Å². The second-order valence-electron chi connectivity index (χ2n) is 4.69.